The first-order chi connectivity index (χ1) is 5.52. The molecule has 2 atom stereocenters. The molecule has 0 aromatic heterocycles. The smallest absolute Gasteiger partial charge is 0.145 e. The zero-order chi connectivity index (χ0) is 9.30. The fourth-order valence-corrected chi connectivity index (χ4v) is 2.99. The van der Waals surface area contributed by atoms with Gasteiger partial charge in [-0.05, 0) is 27.2 Å². The molecule has 0 aromatic rings. The van der Waals surface area contributed by atoms with Crippen LogP contribution in [0.1, 0.15) is 27.2 Å². The standard InChI is InChI=1S/C9H14O2S/c1-6-4-9(8(3)10)12(11)5-7(6)2/h9H,4-5H2,1-3H3/t9-,12-/m1/s1. The van der Waals surface area contributed by atoms with Gasteiger partial charge in [0.05, 0.1) is 5.25 Å². The highest BCUT2D eigenvalue weighted by Crippen LogP contribution is 2.22. The summed E-state index contributed by atoms with van der Waals surface area (Å²) in [6.07, 6.45) is 0.688. The molecule has 0 saturated heterocycles. The van der Waals surface area contributed by atoms with Crippen LogP contribution in [-0.2, 0) is 15.6 Å². The molecule has 0 N–H and O–H groups in total. The molecular formula is C9H14O2S. The van der Waals surface area contributed by atoms with Crippen LogP contribution in [0.5, 0.6) is 0 Å². The Labute approximate surface area is 75.5 Å². The van der Waals surface area contributed by atoms with E-state index in [0.717, 1.165) is 0 Å². The molecule has 0 amide bonds. The van der Waals surface area contributed by atoms with Crippen LogP contribution >= 0.6 is 0 Å². The summed E-state index contributed by atoms with van der Waals surface area (Å²) in [5, 5.41) is -0.242. The van der Waals surface area contributed by atoms with Gasteiger partial charge < -0.3 is 0 Å². The summed E-state index contributed by atoms with van der Waals surface area (Å²) in [5.74, 6) is 0.635. The second-order valence-corrected chi connectivity index (χ2v) is 5.01. The topological polar surface area (TPSA) is 34.1 Å². The fraction of sp³-hybridized carbons (Fsp3) is 0.667. The van der Waals surface area contributed by atoms with E-state index in [-0.39, 0.29) is 11.0 Å². The van der Waals surface area contributed by atoms with Crippen LogP contribution in [0.25, 0.3) is 0 Å². The predicted molar refractivity (Wildman–Crippen MR) is 50.5 cm³/mol. The van der Waals surface area contributed by atoms with E-state index in [2.05, 4.69) is 0 Å². The number of carbonyl (C=O) groups excluding carboxylic acids is 1. The lowest BCUT2D eigenvalue weighted by molar-refractivity contribution is -0.116. The SMILES string of the molecule is CC(=O)[C@H]1CC(C)=C(C)C[S@]1=O. The Morgan fingerprint density at radius 1 is 1.42 bits per heavy atom. The van der Waals surface area contributed by atoms with Crippen LogP contribution in [-0.4, -0.2) is 21.0 Å². The van der Waals surface area contributed by atoms with Gasteiger partial charge in [0.15, 0.2) is 0 Å². The monoisotopic (exact) mass is 186 g/mol. The summed E-state index contributed by atoms with van der Waals surface area (Å²) in [6.45, 7) is 5.53. The zero-order valence-corrected chi connectivity index (χ0v) is 8.53. The number of hydrogen-bond donors (Lipinski definition) is 0. The summed E-state index contributed by atoms with van der Waals surface area (Å²) < 4.78 is 11.4. The Kier molecular flexibility index (Phi) is 2.83. The summed E-state index contributed by atoms with van der Waals surface area (Å²) in [7, 11) is -0.966. The summed E-state index contributed by atoms with van der Waals surface area (Å²) in [4.78, 5) is 11.0. The normalized spacial score (nSPS) is 30.6. The molecule has 0 bridgehead atoms. The molecule has 0 aliphatic carbocycles. The van der Waals surface area contributed by atoms with Crippen molar-refractivity contribution in [1.82, 2.24) is 0 Å². The predicted octanol–water partition coefficient (Wildman–Crippen LogP) is 1.43. The molecular weight excluding hydrogens is 172 g/mol. The number of carbonyl (C=O) groups is 1. The van der Waals surface area contributed by atoms with Crippen molar-refractivity contribution in [3.8, 4) is 0 Å². The molecule has 1 heterocycles. The van der Waals surface area contributed by atoms with Gasteiger partial charge in [0, 0.05) is 16.6 Å². The van der Waals surface area contributed by atoms with Gasteiger partial charge in [-0.1, -0.05) is 11.1 Å². The van der Waals surface area contributed by atoms with Gasteiger partial charge in [0.2, 0.25) is 0 Å². The fourth-order valence-electron chi connectivity index (χ4n) is 1.31. The molecule has 1 rings (SSSR count). The lowest BCUT2D eigenvalue weighted by Crippen LogP contribution is -2.29. The van der Waals surface area contributed by atoms with Crippen LogP contribution in [0, 0.1) is 0 Å². The largest absolute Gasteiger partial charge is 0.299 e. The van der Waals surface area contributed by atoms with Gasteiger partial charge in [-0.15, -0.1) is 0 Å². The van der Waals surface area contributed by atoms with Crippen molar-refractivity contribution in [3.63, 3.8) is 0 Å². The quantitative estimate of drug-likeness (QED) is 0.581. The maximum atomic E-state index is 11.4. The highest BCUT2D eigenvalue weighted by atomic mass is 32.2. The second-order valence-electron chi connectivity index (χ2n) is 3.39. The highest BCUT2D eigenvalue weighted by Gasteiger charge is 2.26. The molecule has 0 aromatic carbocycles. The van der Waals surface area contributed by atoms with Crippen molar-refractivity contribution < 1.29 is 9.00 Å². The van der Waals surface area contributed by atoms with Crippen molar-refractivity contribution in [3.05, 3.63) is 11.1 Å². The van der Waals surface area contributed by atoms with Crippen LogP contribution in [0.3, 0.4) is 0 Å². The molecule has 0 fully saturated rings. The number of ketones is 1. The van der Waals surface area contributed by atoms with E-state index < -0.39 is 10.8 Å². The van der Waals surface area contributed by atoms with Crippen molar-refractivity contribution in [2.24, 2.45) is 0 Å². The average Bonchev–Trinajstić information content (AvgIpc) is 1.96. The van der Waals surface area contributed by atoms with Crippen molar-refractivity contribution in [2.75, 3.05) is 5.75 Å². The molecule has 1 aliphatic heterocycles. The van der Waals surface area contributed by atoms with E-state index in [1.807, 2.05) is 13.8 Å². The van der Waals surface area contributed by atoms with Crippen molar-refractivity contribution in [1.29, 1.82) is 0 Å². The van der Waals surface area contributed by atoms with Crippen molar-refractivity contribution in [2.45, 2.75) is 32.4 Å². The first-order valence-corrected chi connectivity index (χ1v) is 5.43. The van der Waals surface area contributed by atoms with E-state index in [1.165, 1.54) is 18.1 Å². The number of hydrogen-bond acceptors (Lipinski definition) is 2. The molecule has 0 unspecified atom stereocenters. The molecule has 3 heteroatoms. The number of allylic oxidation sites excluding steroid dienone is 1. The third-order valence-electron chi connectivity index (χ3n) is 2.35. The lowest BCUT2D eigenvalue weighted by Gasteiger charge is -2.21. The first kappa shape index (κ1) is 9.65. The summed E-state index contributed by atoms with van der Waals surface area (Å²) in [6, 6.07) is 0. The minimum atomic E-state index is -0.966. The maximum Gasteiger partial charge on any atom is 0.145 e. The molecule has 0 spiro atoms. The second kappa shape index (κ2) is 3.52. The average molecular weight is 186 g/mol. The summed E-state index contributed by atoms with van der Waals surface area (Å²) in [5.41, 5.74) is 2.42. The first-order valence-electron chi connectivity index (χ1n) is 4.05. The van der Waals surface area contributed by atoms with Gasteiger partial charge in [0.25, 0.3) is 0 Å². The van der Waals surface area contributed by atoms with Gasteiger partial charge in [-0.25, -0.2) is 0 Å². The van der Waals surface area contributed by atoms with Gasteiger partial charge in [0.1, 0.15) is 5.78 Å². The maximum absolute atomic E-state index is 11.4. The molecule has 12 heavy (non-hydrogen) atoms. The van der Waals surface area contributed by atoms with Crippen LogP contribution < -0.4 is 0 Å². The molecule has 2 nitrogen and oxygen atoms in total. The number of Topliss-reactive ketones (excluding diaryl/α,β-unsaturated/α-hetero) is 1. The minimum absolute atomic E-state index is 0.0557. The van der Waals surface area contributed by atoms with Gasteiger partial charge in [-0.3, -0.25) is 9.00 Å². The summed E-state index contributed by atoms with van der Waals surface area (Å²) >= 11 is 0. The van der Waals surface area contributed by atoms with Crippen LogP contribution in [0.2, 0.25) is 0 Å². The lowest BCUT2D eigenvalue weighted by atomic mass is 10.0. The van der Waals surface area contributed by atoms with Gasteiger partial charge >= 0.3 is 0 Å². The highest BCUT2D eigenvalue weighted by molar-refractivity contribution is 7.86. The minimum Gasteiger partial charge on any atom is -0.299 e. The third kappa shape index (κ3) is 1.83. The Balaban J connectivity index is 2.86. The third-order valence-corrected chi connectivity index (χ3v) is 4.20. The van der Waals surface area contributed by atoms with E-state index >= 15 is 0 Å². The van der Waals surface area contributed by atoms with Crippen LogP contribution in [0.4, 0.5) is 0 Å². The van der Waals surface area contributed by atoms with E-state index in [4.69, 9.17) is 0 Å². The van der Waals surface area contributed by atoms with Gasteiger partial charge in [-0.2, -0.15) is 0 Å². The van der Waals surface area contributed by atoms with E-state index in [0.29, 0.717) is 12.2 Å². The Morgan fingerprint density at radius 3 is 2.50 bits per heavy atom. The van der Waals surface area contributed by atoms with E-state index in [1.54, 1.807) is 0 Å². The van der Waals surface area contributed by atoms with Crippen molar-refractivity contribution >= 4 is 16.6 Å². The van der Waals surface area contributed by atoms with E-state index in [9.17, 15) is 9.00 Å². The Hall–Kier alpha value is -0.440. The zero-order valence-electron chi connectivity index (χ0n) is 7.72. The molecule has 68 valence electrons. The number of rotatable bonds is 1. The molecule has 1 aliphatic rings. The molecule has 0 radical (unpaired) electrons. The Morgan fingerprint density at radius 2 is 2.00 bits per heavy atom. The Bertz CT molecular complexity index is 266. The molecule has 0 saturated carbocycles. The van der Waals surface area contributed by atoms with Crippen LogP contribution in [0.15, 0.2) is 11.1 Å².